The largest absolute Gasteiger partial charge is 0.457 e. The summed E-state index contributed by atoms with van der Waals surface area (Å²) >= 11 is 12.8. The van der Waals surface area contributed by atoms with Crippen LogP contribution in [-0.2, 0) is 26.2 Å². The molecule has 0 aliphatic carbocycles. The fourth-order valence-corrected chi connectivity index (χ4v) is 5.42. The zero-order chi connectivity index (χ0) is 29.3. The van der Waals surface area contributed by atoms with Crippen LogP contribution in [0.15, 0.2) is 72.8 Å². The number of sulfonamides is 1. The Kier molecular flexibility index (Phi) is 11.2. The number of hydrogen-bond donors (Lipinski definition) is 1. The Morgan fingerprint density at radius 3 is 2.05 bits per heavy atom. The normalized spacial score (nSPS) is 11.9. The van der Waals surface area contributed by atoms with Crippen molar-refractivity contribution in [3.05, 3.63) is 88.4 Å². The fourth-order valence-electron chi connectivity index (χ4n) is 4.06. The van der Waals surface area contributed by atoms with Crippen LogP contribution in [-0.4, -0.2) is 50.5 Å². The molecular weight excluding hydrogens is 573 g/mol. The highest BCUT2D eigenvalue weighted by Gasteiger charge is 2.32. The summed E-state index contributed by atoms with van der Waals surface area (Å²) in [6.07, 6.45) is 2.04. The summed E-state index contributed by atoms with van der Waals surface area (Å²) in [7, 11) is -3.88. The highest BCUT2D eigenvalue weighted by molar-refractivity contribution is 7.92. The Balaban J connectivity index is 1.92. The topological polar surface area (TPSA) is 96.0 Å². The average Bonchev–Trinajstić information content (AvgIpc) is 2.92. The van der Waals surface area contributed by atoms with Gasteiger partial charge >= 0.3 is 0 Å². The second-order valence-electron chi connectivity index (χ2n) is 9.12. The number of ether oxygens (including phenoxy) is 1. The molecule has 0 bridgehead atoms. The summed E-state index contributed by atoms with van der Waals surface area (Å²) in [6, 6.07) is 19.6. The van der Waals surface area contributed by atoms with Crippen LogP contribution in [0.25, 0.3) is 0 Å². The van der Waals surface area contributed by atoms with Crippen LogP contribution >= 0.6 is 23.2 Å². The van der Waals surface area contributed by atoms with Crippen LogP contribution in [0.4, 0.5) is 5.69 Å². The number of benzene rings is 3. The molecule has 0 fully saturated rings. The van der Waals surface area contributed by atoms with E-state index in [0.717, 1.165) is 17.0 Å². The summed E-state index contributed by atoms with van der Waals surface area (Å²) in [5.74, 6) is 0.216. The number of hydrogen-bond acceptors (Lipinski definition) is 5. The van der Waals surface area contributed by atoms with Gasteiger partial charge in [0.05, 0.1) is 11.9 Å². The first kappa shape index (κ1) is 31.3. The van der Waals surface area contributed by atoms with E-state index in [9.17, 15) is 18.0 Å². The third-order valence-corrected chi connectivity index (χ3v) is 7.96. The molecule has 0 unspecified atom stereocenters. The van der Waals surface area contributed by atoms with E-state index in [1.807, 2.05) is 25.1 Å². The lowest BCUT2D eigenvalue weighted by Crippen LogP contribution is -2.52. The van der Waals surface area contributed by atoms with Gasteiger partial charge in [-0.05, 0) is 61.4 Å². The minimum Gasteiger partial charge on any atom is -0.457 e. The van der Waals surface area contributed by atoms with E-state index in [1.165, 1.54) is 4.90 Å². The Morgan fingerprint density at radius 2 is 1.50 bits per heavy atom. The molecule has 0 saturated heterocycles. The fraction of sp³-hybridized carbons (Fsp3) is 0.310. The molecule has 3 aromatic carbocycles. The van der Waals surface area contributed by atoms with Gasteiger partial charge in [0, 0.05) is 28.7 Å². The zero-order valence-electron chi connectivity index (χ0n) is 22.6. The number of halogens is 2. The van der Waals surface area contributed by atoms with E-state index in [2.05, 4.69) is 5.32 Å². The molecule has 0 radical (unpaired) electrons. The Hall–Kier alpha value is -3.27. The average molecular weight is 607 g/mol. The SMILES string of the molecule is CCCNC(=O)[C@@H](CC)N(Cc1c(Cl)cccc1Cl)C(=O)CN(c1ccc(Oc2ccccc2)cc1)S(C)(=O)=O. The van der Waals surface area contributed by atoms with E-state index in [-0.39, 0.29) is 18.1 Å². The number of carbonyl (C=O) groups excluding carboxylic acids is 2. The molecule has 11 heteroatoms. The molecule has 3 rings (SSSR count). The number of nitrogens with zero attached hydrogens (tertiary/aromatic N) is 2. The van der Waals surface area contributed by atoms with Gasteiger partial charge in [-0.2, -0.15) is 0 Å². The van der Waals surface area contributed by atoms with Crippen LogP contribution in [0, 0.1) is 0 Å². The summed E-state index contributed by atoms with van der Waals surface area (Å²) in [5, 5.41) is 3.50. The van der Waals surface area contributed by atoms with Gasteiger partial charge in [0.15, 0.2) is 0 Å². The van der Waals surface area contributed by atoms with Gasteiger partial charge in [-0.1, -0.05) is 61.3 Å². The molecule has 1 N–H and O–H groups in total. The molecule has 1 atom stereocenters. The molecule has 0 spiro atoms. The van der Waals surface area contributed by atoms with Gasteiger partial charge in [-0.15, -0.1) is 0 Å². The van der Waals surface area contributed by atoms with Crippen molar-refractivity contribution < 1.29 is 22.7 Å². The van der Waals surface area contributed by atoms with Crippen molar-refractivity contribution in [3.63, 3.8) is 0 Å². The van der Waals surface area contributed by atoms with Gasteiger partial charge in [0.25, 0.3) is 0 Å². The molecule has 0 saturated carbocycles. The van der Waals surface area contributed by atoms with E-state index < -0.39 is 28.5 Å². The maximum Gasteiger partial charge on any atom is 0.244 e. The molecule has 40 heavy (non-hydrogen) atoms. The van der Waals surface area contributed by atoms with E-state index in [0.29, 0.717) is 40.1 Å². The molecule has 0 aromatic heterocycles. The summed E-state index contributed by atoms with van der Waals surface area (Å²) in [6.45, 7) is 3.55. The van der Waals surface area contributed by atoms with Crippen molar-refractivity contribution in [1.29, 1.82) is 0 Å². The Labute approximate surface area is 245 Å². The second-order valence-corrected chi connectivity index (χ2v) is 11.8. The minimum absolute atomic E-state index is 0.0726. The molecule has 0 aliphatic heterocycles. The first-order valence-corrected chi connectivity index (χ1v) is 15.5. The summed E-state index contributed by atoms with van der Waals surface area (Å²) in [5.41, 5.74) is 0.740. The molecule has 0 heterocycles. The first-order chi connectivity index (χ1) is 19.0. The highest BCUT2D eigenvalue weighted by atomic mass is 35.5. The molecule has 3 aromatic rings. The minimum atomic E-state index is -3.88. The lowest BCUT2D eigenvalue weighted by Gasteiger charge is -2.33. The number of rotatable bonds is 13. The summed E-state index contributed by atoms with van der Waals surface area (Å²) in [4.78, 5) is 28.2. The third-order valence-electron chi connectivity index (χ3n) is 6.11. The lowest BCUT2D eigenvalue weighted by atomic mass is 10.1. The Bertz CT molecular complexity index is 1380. The molecule has 214 valence electrons. The van der Waals surface area contributed by atoms with Crippen molar-refractivity contribution in [2.24, 2.45) is 0 Å². The number of carbonyl (C=O) groups is 2. The van der Waals surface area contributed by atoms with Crippen LogP contribution in [0.2, 0.25) is 10.0 Å². The molecule has 8 nitrogen and oxygen atoms in total. The third kappa shape index (κ3) is 8.36. The van der Waals surface area contributed by atoms with Crippen LogP contribution in [0.3, 0.4) is 0 Å². The van der Waals surface area contributed by atoms with E-state index in [1.54, 1.807) is 61.5 Å². The molecule has 2 amide bonds. The molecule has 0 aliphatic rings. The maximum atomic E-state index is 13.8. The van der Waals surface area contributed by atoms with Crippen molar-refractivity contribution in [3.8, 4) is 11.5 Å². The monoisotopic (exact) mass is 605 g/mol. The zero-order valence-corrected chi connectivity index (χ0v) is 25.0. The second kappa shape index (κ2) is 14.4. The van der Waals surface area contributed by atoms with E-state index in [4.69, 9.17) is 27.9 Å². The van der Waals surface area contributed by atoms with Crippen LogP contribution < -0.4 is 14.4 Å². The number of anilines is 1. The van der Waals surface area contributed by atoms with Crippen molar-refractivity contribution >= 4 is 50.7 Å². The predicted molar refractivity (Wildman–Crippen MR) is 160 cm³/mol. The van der Waals surface area contributed by atoms with Gasteiger partial charge in [0.1, 0.15) is 24.1 Å². The molecular formula is C29H33Cl2N3O5S. The first-order valence-electron chi connectivity index (χ1n) is 12.9. The number of nitrogens with one attached hydrogen (secondary N) is 1. The standard InChI is InChI=1S/C29H33Cl2N3O5S/c1-4-18-32-29(36)27(5-2)33(19-24-25(30)12-9-13-26(24)31)28(35)20-34(40(3,37)38)21-14-16-23(17-15-21)39-22-10-7-6-8-11-22/h6-17,27H,4-5,18-20H2,1-3H3,(H,32,36)/t27-/m1/s1. The van der Waals surface area contributed by atoms with E-state index >= 15 is 0 Å². The van der Waals surface area contributed by atoms with Crippen molar-refractivity contribution in [2.75, 3.05) is 23.7 Å². The van der Waals surface area contributed by atoms with Crippen molar-refractivity contribution in [2.45, 2.75) is 39.3 Å². The van der Waals surface area contributed by atoms with Gasteiger partial charge in [-0.3, -0.25) is 13.9 Å². The number of amides is 2. The quantitative estimate of drug-likeness (QED) is 0.262. The predicted octanol–water partition coefficient (Wildman–Crippen LogP) is 5.89. The smallest absolute Gasteiger partial charge is 0.244 e. The summed E-state index contributed by atoms with van der Waals surface area (Å²) < 4.78 is 32.5. The number of para-hydroxylation sites is 1. The Morgan fingerprint density at radius 1 is 0.900 bits per heavy atom. The van der Waals surface area contributed by atoms with Gasteiger partial charge < -0.3 is 15.0 Å². The highest BCUT2D eigenvalue weighted by Crippen LogP contribution is 2.29. The van der Waals surface area contributed by atoms with Crippen molar-refractivity contribution in [1.82, 2.24) is 10.2 Å². The van der Waals surface area contributed by atoms with Crippen LogP contribution in [0.5, 0.6) is 11.5 Å². The van der Waals surface area contributed by atoms with Gasteiger partial charge in [-0.25, -0.2) is 8.42 Å². The maximum absolute atomic E-state index is 13.8. The van der Waals surface area contributed by atoms with Gasteiger partial charge in [0.2, 0.25) is 21.8 Å². The van der Waals surface area contributed by atoms with Crippen LogP contribution in [0.1, 0.15) is 32.3 Å². The lowest BCUT2D eigenvalue weighted by molar-refractivity contribution is -0.140.